The molecule has 0 N–H and O–H groups in total. The first-order chi connectivity index (χ1) is 10.2. The van der Waals surface area contributed by atoms with Crippen molar-refractivity contribution in [2.24, 2.45) is 0 Å². The predicted octanol–water partition coefficient (Wildman–Crippen LogP) is 5.50. The number of rotatable bonds is 1. The molecule has 0 saturated heterocycles. The largest absolute Gasteiger partial charge is 0.101 e. The second kappa shape index (κ2) is 5.46. The molecule has 0 aliphatic carbocycles. The summed E-state index contributed by atoms with van der Waals surface area (Å²) < 4.78 is 0. The van der Waals surface area contributed by atoms with E-state index >= 15 is 0 Å². The van der Waals surface area contributed by atoms with Crippen molar-refractivity contribution < 1.29 is 0 Å². The number of benzene rings is 3. The van der Waals surface area contributed by atoms with E-state index in [2.05, 4.69) is 80.3 Å². The fourth-order valence-corrected chi connectivity index (χ4v) is 2.68. The lowest BCUT2D eigenvalue weighted by Crippen LogP contribution is -1.87. The minimum Gasteiger partial charge on any atom is -0.101 e. The SMILES string of the molecule is CC#Cc1cc(C)ccc1-c1ccc2cc(C)ccc2c1. The first-order valence-electron chi connectivity index (χ1n) is 7.21. The third kappa shape index (κ3) is 2.69. The molecule has 0 unspecified atom stereocenters. The maximum absolute atomic E-state index is 3.22. The predicted molar refractivity (Wildman–Crippen MR) is 91.4 cm³/mol. The van der Waals surface area contributed by atoms with Gasteiger partial charge >= 0.3 is 0 Å². The van der Waals surface area contributed by atoms with Gasteiger partial charge in [0.1, 0.15) is 0 Å². The lowest BCUT2D eigenvalue weighted by atomic mass is 9.95. The maximum Gasteiger partial charge on any atom is 0.0326 e. The molecule has 0 radical (unpaired) electrons. The molecule has 3 rings (SSSR count). The quantitative estimate of drug-likeness (QED) is 0.512. The molecule has 0 aliphatic heterocycles. The summed E-state index contributed by atoms with van der Waals surface area (Å²) in [4.78, 5) is 0. The summed E-state index contributed by atoms with van der Waals surface area (Å²) in [5.74, 6) is 6.24. The average molecular weight is 270 g/mol. The van der Waals surface area contributed by atoms with Crippen molar-refractivity contribution >= 4 is 10.8 Å². The Balaban J connectivity index is 2.20. The second-order valence-corrected chi connectivity index (χ2v) is 5.49. The topological polar surface area (TPSA) is 0 Å². The summed E-state index contributed by atoms with van der Waals surface area (Å²) in [6.45, 7) is 6.12. The van der Waals surface area contributed by atoms with Gasteiger partial charge in [0.2, 0.25) is 0 Å². The summed E-state index contributed by atoms with van der Waals surface area (Å²) >= 11 is 0. The molecule has 3 aromatic carbocycles. The summed E-state index contributed by atoms with van der Waals surface area (Å²) in [6.07, 6.45) is 0. The lowest BCUT2D eigenvalue weighted by molar-refractivity contribution is 1.45. The Bertz CT molecular complexity index is 873. The highest BCUT2D eigenvalue weighted by atomic mass is 14.1. The van der Waals surface area contributed by atoms with E-state index in [0.717, 1.165) is 5.56 Å². The lowest BCUT2D eigenvalue weighted by Gasteiger charge is -2.08. The van der Waals surface area contributed by atoms with Gasteiger partial charge in [-0.2, -0.15) is 0 Å². The molecule has 0 atom stereocenters. The summed E-state index contributed by atoms with van der Waals surface area (Å²) in [5, 5.41) is 2.56. The summed E-state index contributed by atoms with van der Waals surface area (Å²) in [6, 6.07) is 19.7. The fraction of sp³-hybridized carbons (Fsp3) is 0.143. The zero-order valence-electron chi connectivity index (χ0n) is 12.7. The van der Waals surface area contributed by atoms with Crippen LogP contribution in [0.1, 0.15) is 23.6 Å². The minimum absolute atomic E-state index is 1.10. The molecular weight excluding hydrogens is 252 g/mol. The molecular formula is C21H18. The van der Waals surface area contributed by atoms with Gasteiger partial charge in [0.25, 0.3) is 0 Å². The molecule has 0 aliphatic rings. The van der Waals surface area contributed by atoms with Gasteiger partial charge in [-0.15, -0.1) is 5.92 Å². The van der Waals surface area contributed by atoms with Crippen LogP contribution in [0.2, 0.25) is 0 Å². The standard InChI is InChI=1S/C21H18/c1-4-5-19-13-16(3)7-11-21(19)20-10-9-17-12-15(2)6-8-18(17)14-20/h6-14H,1-3H3. The van der Waals surface area contributed by atoms with E-state index in [9.17, 15) is 0 Å². The zero-order chi connectivity index (χ0) is 14.8. The van der Waals surface area contributed by atoms with Crippen molar-refractivity contribution in [2.45, 2.75) is 20.8 Å². The van der Waals surface area contributed by atoms with Crippen LogP contribution in [-0.4, -0.2) is 0 Å². The highest BCUT2D eigenvalue weighted by Crippen LogP contribution is 2.28. The Morgan fingerprint density at radius 3 is 2.19 bits per heavy atom. The highest BCUT2D eigenvalue weighted by molar-refractivity contribution is 5.88. The molecule has 0 heterocycles. The fourth-order valence-electron chi connectivity index (χ4n) is 2.68. The Kier molecular flexibility index (Phi) is 3.50. The number of aryl methyl sites for hydroxylation is 2. The first kappa shape index (κ1) is 13.5. The van der Waals surface area contributed by atoms with Gasteiger partial charge in [0.15, 0.2) is 0 Å². The van der Waals surface area contributed by atoms with Crippen LogP contribution < -0.4 is 0 Å². The van der Waals surface area contributed by atoms with Crippen LogP contribution in [0.15, 0.2) is 54.6 Å². The van der Waals surface area contributed by atoms with Crippen LogP contribution in [0, 0.1) is 25.7 Å². The van der Waals surface area contributed by atoms with Crippen LogP contribution in [0.5, 0.6) is 0 Å². The van der Waals surface area contributed by atoms with Crippen molar-refractivity contribution in [1.29, 1.82) is 0 Å². The molecule has 0 heteroatoms. The molecule has 102 valence electrons. The van der Waals surface area contributed by atoms with Gasteiger partial charge in [-0.3, -0.25) is 0 Å². The van der Waals surface area contributed by atoms with Crippen LogP contribution in [-0.2, 0) is 0 Å². The van der Waals surface area contributed by atoms with Gasteiger partial charge < -0.3 is 0 Å². The van der Waals surface area contributed by atoms with E-state index in [4.69, 9.17) is 0 Å². The number of hydrogen-bond acceptors (Lipinski definition) is 0. The van der Waals surface area contributed by atoms with Crippen LogP contribution in [0.25, 0.3) is 21.9 Å². The molecule has 0 spiro atoms. The Morgan fingerprint density at radius 2 is 1.38 bits per heavy atom. The molecule has 0 bridgehead atoms. The number of hydrogen-bond donors (Lipinski definition) is 0. The van der Waals surface area contributed by atoms with Gasteiger partial charge in [-0.25, -0.2) is 0 Å². The molecule has 0 aromatic heterocycles. The van der Waals surface area contributed by atoms with E-state index in [1.54, 1.807) is 0 Å². The molecule has 0 saturated carbocycles. The highest BCUT2D eigenvalue weighted by Gasteiger charge is 2.05. The first-order valence-corrected chi connectivity index (χ1v) is 7.21. The van der Waals surface area contributed by atoms with Gasteiger partial charge in [0.05, 0.1) is 0 Å². The van der Waals surface area contributed by atoms with E-state index in [0.29, 0.717) is 0 Å². The van der Waals surface area contributed by atoms with Crippen molar-refractivity contribution in [3.8, 4) is 23.0 Å². The van der Waals surface area contributed by atoms with Gasteiger partial charge in [-0.1, -0.05) is 53.9 Å². The van der Waals surface area contributed by atoms with Crippen molar-refractivity contribution in [3.05, 3.63) is 71.3 Å². The average Bonchev–Trinajstić information content (AvgIpc) is 2.47. The summed E-state index contributed by atoms with van der Waals surface area (Å²) in [5.41, 5.74) is 6.07. The van der Waals surface area contributed by atoms with Crippen LogP contribution in [0.3, 0.4) is 0 Å². The normalized spacial score (nSPS) is 10.2. The molecule has 0 fully saturated rings. The Labute approximate surface area is 126 Å². The van der Waals surface area contributed by atoms with E-state index in [1.807, 2.05) is 6.92 Å². The van der Waals surface area contributed by atoms with Crippen molar-refractivity contribution in [1.82, 2.24) is 0 Å². The molecule has 0 nitrogen and oxygen atoms in total. The van der Waals surface area contributed by atoms with Gasteiger partial charge in [-0.05, 0) is 60.4 Å². The van der Waals surface area contributed by atoms with Crippen LogP contribution >= 0.6 is 0 Å². The van der Waals surface area contributed by atoms with Gasteiger partial charge in [0, 0.05) is 5.56 Å². The van der Waals surface area contributed by atoms with Crippen molar-refractivity contribution in [3.63, 3.8) is 0 Å². The van der Waals surface area contributed by atoms with E-state index < -0.39 is 0 Å². The monoisotopic (exact) mass is 270 g/mol. The Morgan fingerprint density at radius 1 is 0.714 bits per heavy atom. The summed E-state index contributed by atoms with van der Waals surface area (Å²) in [7, 11) is 0. The van der Waals surface area contributed by atoms with Crippen LogP contribution in [0.4, 0.5) is 0 Å². The maximum atomic E-state index is 3.22. The third-order valence-corrected chi connectivity index (χ3v) is 3.74. The minimum atomic E-state index is 1.10. The molecule has 0 amide bonds. The zero-order valence-corrected chi connectivity index (χ0v) is 12.7. The number of fused-ring (bicyclic) bond motifs is 1. The third-order valence-electron chi connectivity index (χ3n) is 3.74. The Hall–Kier alpha value is -2.52. The van der Waals surface area contributed by atoms with Crippen molar-refractivity contribution in [2.75, 3.05) is 0 Å². The smallest absolute Gasteiger partial charge is 0.0326 e. The second-order valence-electron chi connectivity index (χ2n) is 5.49. The van der Waals surface area contributed by atoms with E-state index in [1.165, 1.54) is 33.0 Å². The van der Waals surface area contributed by atoms with E-state index in [-0.39, 0.29) is 0 Å². The molecule has 21 heavy (non-hydrogen) atoms. The molecule has 3 aromatic rings.